The van der Waals surface area contributed by atoms with Crippen LogP contribution in [0.3, 0.4) is 0 Å². The number of aryl methyl sites for hydroxylation is 1. The van der Waals surface area contributed by atoms with Gasteiger partial charge in [-0.15, -0.1) is 0 Å². The molecule has 0 saturated heterocycles. The third-order valence-corrected chi connectivity index (χ3v) is 4.49. The first-order valence-electron chi connectivity index (χ1n) is 8.41. The summed E-state index contributed by atoms with van der Waals surface area (Å²) in [7, 11) is 1.70. The van der Waals surface area contributed by atoms with Crippen molar-refractivity contribution in [2.24, 2.45) is 7.05 Å². The van der Waals surface area contributed by atoms with Crippen molar-refractivity contribution in [2.45, 2.75) is 64.2 Å². The molecule has 1 aromatic heterocycles. The van der Waals surface area contributed by atoms with Crippen LogP contribution < -0.4 is 21.1 Å². The molecular weight excluding hydrogens is 390 g/mol. The molecule has 1 aliphatic rings. The average molecular weight is 416 g/mol. The van der Waals surface area contributed by atoms with Gasteiger partial charge in [-0.05, 0) is 62.4 Å². The summed E-state index contributed by atoms with van der Waals surface area (Å²) in [5.41, 5.74) is 4.99. The van der Waals surface area contributed by atoms with Gasteiger partial charge in [-0.25, -0.2) is 10.2 Å². The molecule has 1 saturated carbocycles. The molecule has 1 fully saturated rings. The molecule has 8 heteroatoms. The Morgan fingerprint density at radius 3 is 2.52 bits per heavy atom. The van der Waals surface area contributed by atoms with Crippen molar-refractivity contribution in [3.63, 3.8) is 0 Å². The Bertz CT molecular complexity index is 661. The molecule has 0 radical (unpaired) electrons. The zero-order valence-electron chi connectivity index (χ0n) is 15.1. The predicted octanol–water partition coefficient (Wildman–Crippen LogP) is 2.87. The normalized spacial score (nSPS) is 20.8. The highest BCUT2D eigenvalue weighted by Gasteiger charge is 2.24. The fourth-order valence-corrected chi connectivity index (χ4v) is 3.15. The number of ether oxygens (including phenoxy) is 2. The van der Waals surface area contributed by atoms with Gasteiger partial charge >= 0.3 is 6.09 Å². The number of halogens is 1. The summed E-state index contributed by atoms with van der Waals surface area (Å²) in [4.78, 5) is 23.4. The van der Waals surface area contributed by atoms with Crippen LogP contribution in [0.25, 0.3) is 0 Å². The lowest BCUT2D eigenvalue weighted by Crippen LogP contribution is -2.48. The Hall–Kier alpha value is -1.54. The van der Waals surface area contributed by atoms with E-state index in [4.69, 9.17) is 9.47 Å². The van der Waals surface area contributed by atoms with Gasteiger partial charge in [0, 0.05) is 25.4 Å². The second-order valence-corrected chi connectivity index (χ2v) is 8.15. The second-order valence-electron chi connectivity index (χ2n) is 7.30. The number of hydrazine groups is 1. The number of hydrogen-bond acceptors (Lipinski definition) is 5. The summed E-state index contributed by atoms with van der Waals surface area (Å²) < 4.78 is 13.4. The summed E-state index contributed by atoms with van der Waals surface area (Å²) in [5, 5.41) is 0. The van der Waals surface area contributed by atoms with Crippen LogP contribution in [0.4, 0.5) is 4.79 Å². The van der Waals surface area contributed by atoms with Crippen molar-refractivity contribution in [1.29, 1.82) is 0 Å². The Balaban J connectivity index is 1.77. The highest BCUT2D eigenvalue weighted by molar-refractivity contribution is 9.10. The van der Waals surface area contributed by atoms with Gasteiger partial charge in [-0.2, -0.15) is 0 Å². The van der Waals surface area contributed by atoms with E-state index < -0.39 is 11.7 Å². The number of carbonyl (C=O) groups excluding carboxylic acids is 1. The minimum absolute atomic E-state index is 0.0583. The first-order valence-corrected chi connectivity index (χ1v) is 9.21. The van der Waals surface area contributed by atoms with Gasteiger partial charge in [-0.3, -0.25) is 10.2 Å². The molecule has 1 aliphatic carbocycles. The molecule has 25 heavy (non-hydrogen) atoms. The minimum atomic E-state index is -0.516. The molecule has 0 atom stereocenters. The van der Waals surface area contributed by atoms with Gasteiger partial charge in [0.25, 0.3) is 5.56 Å². The molecular formula is C17H26BrN3O4. The first kappa shape index (κ1) is 19.8. The molecule has 0 spiro atoms. The van der Waals surface area contributed by atoms with Crippen LogP contribution >= 0.6 is 15.9 Å². The minimum Gasteiger partial charge on any atom is -0.489 e. The van der Waals surface area contributed by atoms with Gasteiger partial charge in [0.15, 0.2) is 0 Å². The van der Waals surface area contributed by atoms with E-state index in [0.29, 0.717) is 5.75 Å². The van der Waals surface area contributed by atoms with Gasteiger partial charge in [0.05, 0.1) is 10.6 Å². The van der Waals surface area contributed by atoms with Gasteiger partial charge in [0.2, 0.25) is 0 Å². The van der Waals surface area contributed by atoms with Crippen molar-refractivity contribution in [3.8, 4) is 5.75 Å². The van der Waals surface area contributed by atoms with Crippen molar-refractivity contribution in [3.05, 3.63) is 27.1 Å². The van der Waals surface area contributed by atoms with Crippen LogP contribution in [0.2, 0.25) is 0 Å². The molecule has 7 nitrogen and oxygen atoms in total. The summed E-state index contributed by atoms with van der Waals surface area (Å²) in [6.45, 7) is 5.47. The van der Waals surface area contributed by atoms with Gasteiger partial charge in [0.1, 0.15) is 11.4 Å². The third kappa shape index (κ3) is 6.36. The van der Waals surface area contributed by atoms with Gasteiger partial charge < -0.3 is 14.0 Å². The fraction of sp³-hybridized carbons (Fsp3) is 0.647. The average Bonchev–Trinajstić information content (AvgIpc) is 2.50. The maximum absolute atomic E-state index is 11.7. The molecule has 0 unspecified atom stereocenters. The smallest absolute Gasteiger partial charge is 0.422 e. The van der Waals surface area contributed by atoms with E-state index in [0.717, 1.165) is 30.2 Å². The number of carbonyl (C=O) groups is 1. The van der Waals surface area contributed by atoms with E-state index in [-0.39, 0.29) is 17.7 Å². The molecule has 140 valence electrons. The SMILES string of the molecule is Cn1cc(Br)c(O[C@H]2CC[C@H](NNC(=O)OC(C)(C)C)CC2)cc1=O. The van der Waals surface area contributed by atoms with Gasteiger partial charge in [-0.1, -0.05) is 0 Å². The third-order valence-electron chi connectivity index (χ3n) is 3.89. The highest BCUT2D eigenvalue weighted by atomic mass is 79.9. The highest BCUT2D eigenvalue weighted by Crippen LogP contribution is 2.28. The summed E-state index contributed by atoms with van der Waals surface area (Å²) >= 11 is 3.43. The molecule has 1 amide bonds. The number of rotatable bonds is 4. The second kappa shape index (κ2) is 8.23. The number of amides is 1. The van der Waals surface area contributed by atoms with Crippen LogP contribution in [-0.2, 0) is 11.8 Å². The first-order chi connectivity index (χ1) is 11.6. The lowest BCUT2D eigenvalue weighted by atomic mass is 9.93. The molecule has 0 bridgehead atoms. The number of nitrogens with one attached hydrogen (secondary N) is 2. The molecule has 1 aromatic rings. The molecule has 0 aromatic carbocycles. The monoisotopic (exact) mass is 415 g/mol. The number of pyridine rings is 1. The lowest BCUT2D eigenvalue weighted by Gasteiger charge is -2.30. The van der Waals surface area contributed by atoms with Crippen LogP contribution in [0.15, 0.2) is 21.5 Å². The molecule has 2 N–H and O–H groups in total. The van der Waals surface area contributed by atoms with E-state index in [2.05, 4.69) is 26.8 Å². The van der Waals surface area contributed by atoms with Crippen LogP contribution in [0, 0.1) is 0 Å². The summed E-state index contributed by atoms with van der Waals surface area (Å²) in [5.74, 6) is 0.575. The predicted molar refractivity (Wildman–Crippen MR) is 98.6 cm³/mol. The Kier molecular flexibility index (Phi) is 6.51. The maximum Gasteiger partial charge on any atom is 0.422 e. The van der Waals surface area contributed by atoms with Crippen molar-refractivity contribution in [1.82, 2.24) is 15.4 Å². The van der Waals surface area contributed by atoms with E-state index in [1.54, 1.807) is 13.2 Å². The quantitative estimate of drug-likeness (QED) is 0.738. The number of nitrogens with zero attached hydrogens (tertiary/aromatic N) is 1. The van der Waals surface area contributed by atoms with Crippen molar-refractivity contribution >= 4 is 22.0 Å². The van der Waals surface area contributed by atoms with E-state index in [9.17, 15) is 9.59 Å². The number of aromatic nitrogens is 1. The van der Waals surface area contributed by atoms with E-state index >= 15 is 0 Å². The zero-order chi connectivity index (χ0) is 18.6. The lowest BCUT2D eigenvalue weighted by molar-refractivity contribution is 0.0473. The standard InChI is InChI=1S/C17H26BrN3O4/c1-17(2,3)25-16(23)20-19-11-5-7-12(8-6-11)24-14-9-15(22)21(4)10-13(14)18/h9-12,19H,5-8H2,1-4H3,(H,20,23)/t11-,12-. The largest absolute Gasteiger partial charge is 0.489 e. The Morgan fingerprint density at radius 2 is 1.92 bits per heavy atom. The van der Waals surface area contributed by atoms with Crippen molar-refractivity contribution in [2.75, 3.05) is 0 Å². The zero-order valence-corrected chi connectivity index (χ0v) is 16.7. The molecule has 1 heterocycles. The molecule has 0 aliphatic heterocycles. The Labute approximate surface area is 156 Å². The van der Waals surface area contributed by atoms with Crippen molar-refractivity contribution < 1.29 is 14.3 Å². The van der Waals surface area contributed by atoms with E-state index in [1.165, 1.54) is 10.6 Å². The van der Waals surface area contributed by atoms with Crippen LogP contribution in [-0.4, -0.2) is 28.4 Å². The topological polar surface area (TPSA) is 81.6 Å². The number of hydrogen-bond donors (Lipinski definition) is 2. The molecule has 2 rings (SSSR count). The van der Waals surface area contributed by atoms with Crippen LogP contribution in [0.1, 0.15) is 46.5 Å². The fourth-order valence-electron chi connectivity index (χ4n) is 2.64. The van der Waals surface area contributed by atoms with Crippen LogP contribution in [0.5, 0.6) is 5.75 Å². The summed E-state index contributed by atoms with van der Waals surface area (Å²) in [6, 6.07) is 1.68. The van der Waals surface area contributed by atoms with E-state index in [1.807, 2.05) is 20.8 Å². The maximum atomic E-state index is 11.7. The summed E-state index contributed by atoms with van der Waals surface area (Å²) in [6.07, 6.45) is 4.70. The Morgan fingerprint density at radius 1 is 1.28 bits per heavy atom.